The number of hydrogen-bond acceptors (Lipinski definition) is 9. The quantitative estimate of drug-likeness (QED) is 0.241. The Kier molecular flexibility index (Phi) is 8.57. The standard InChI is InChI=1S/C28H33FN6O6S/c1-16(2)32-11-8-20(24(32)36)34-25(37)23-17(3)26(35-30-9-10-31-35)42-27(23)33(28(34)38)15-22(41-13-12-39-4)19-14-18(29)6-7-21(19)40-5/h6-7,9-10,14,16,20,22H,8,11-13,15H2,1-5H3. The first kappa shape index (κ1) is 29.6. The Labute approximate surface area is 244 Å². The van der Waals surface area contributed by atoms with Crippen molar-refractivity contribution in [2.75, 3.05) is 34.0 Å². The van der Waals surface area contributed by atoms with Crippen LogP contribution in [0.3, 0.4) is 0 Å². The highest BCUT2D eigenvalue weighted by Crippen LogP contribution is 2.34. The van der Waals surface area contributed by atoms with Crippen LogP contribution in [0.4, 0.5) is 4.39 Å². The Bertz CT molecular complexity index is 1710. The maximum Gasteiger partial charge on any atom is 0.332 e. The number of hydrogen-bond donors (Lipinski definition) is 0. The predicted octanol–water partition coefficient (Wildman–Crippen LogP) is 2.85. The molecular formula is C28H33FN6O6S. The maximum atomic E-state index is 14.5. The van der Waals surface area contributed by atoms with E-state index in [0.29, 0.717) is 39.7 Å². The van der Waals surface area contributed by atoms with Crippen LogP contribution in [0.25, 0.3) is 15.2 Å². The highest BCUT2D eigenvalue weighted by Gasteiger charge is 2.38. The Morgan fingerprint density at radius 3 is 2.50 bits per heavy atom. The lowest BCUT2D eigenvalue weighted by molar-refractivity contribution is -0.131. The van der Waals surface area contributed by atoms with Gasteiger partial charge in [-0.15, -0.1) is 4.80 Å². The van der Waals surface area contributed by atoms with Gasteiger partial charge in [0.25, 0.3) is 5.56 Å². The summed E-state index contributed by atoms with van der Waals surface area (Å²) in [5, 5.41) is 9.27. The van der Waals surface area contributed by atoms with Gasteiger partial charge in [-0.1, -0.05) is 11.3 Å². The Balaban J connectivity index is 1.74. The zero-order valence-electron chi connectivity index (χ0n) is 24.1. The molecule has 0 aliphatic carbocycles. The second kappa shape index (κ2) is 12.2. The van der Waals surface area contributed by atoms with Gasteiger partial charge in [-0.25, -0.2) is 13.8 Å². The van der Waals surface area contributed by atoms with E-state index >= 15 is 0 Å². The van der Waals surface area contributed by atoms with Crippen molar-refractivity contribution in [3.05, 3.63) is 68.4 Å². The summed E-state index contributed by atoms with van der Waals surface area (Å²) in [6, 6.07) is 3.03. The number of likely N-dealkylation sites (tertiary alicyclic amines) is 1. The van der Waals surface area contributed by atoms with Crippen molar-refractivity contribution < 1.29 is 23.4 Å². The number of aryl methyl sites for hydroxylation is 1. The number of amides is 1. The van der Waals surface area contributed by atoms with Crippen LogP contribution in [-0.2, 0) is 20.8 Å². The van der Waals surface area contributed by atoms with Crippen molar-refractivity contribution in [1.29, 1.82) is 0 Å². The number of benzene rings is 1. The van der Waals surface area contributed by atoms with E-state index < -0.39 is 29.2 Å². The molecule has 4 heterocycles. The first-order chi connectivity index (χ1) is 20.2. The minimum absolute atomic E-state index is 0.0801. The predicted molar refractivity (Wildman–Crippen MR) is 154 cm³/mol. The molecule has 2 unspecified atom stereocenters. The molecule has 1 saturated heterocycles. The van der Waals surface area contributed by atoms with E-state index in [1.54, 1.807) is 11.8 Å². The molecule has 0 spiro atoms. The van der Waals surface area contributed by atoms with Crippen LogP contribution in [0, 0.1) is 12.7 Å². The van der Waals surface area contributed by atoms with E-state index in [1.165, 1.54) is 65.5 Å². The fourth-order valence-corrected chi connectivity index (χ4v) is 6.60. The van der Waals surface area contributed by atoms with E-state index in [1.807, 2.05) is 13.8 Å². The third kappa shape index (κ3) is 5.25. The highest BCUT2D eigenvalue weighted by atomic mass is 32.1. The molecule has 3 aromatic heterocycles. The van der Waals surface area contributed by atoms with Crippen LogP contribution in [0.5, 0.6) is 5.75 Å². The lowest BCUT2D eigenvalue weighted by Crippen LogP contribution is -2.45. The molecule has 2 atom stereocenters. The Hall–Kier alpha value is -3.88. The molecular weight excluding hydrogens is 567 g/mol. The SMILES string of the molecule is COCCOC(Cn1c(=O)n(C2CCN(C(C)C)C2=O)c(=O)c2c(C)c(-n3nccn3)sc21)c1cc(F)ccc1OC. The fraction of sp³-hybridized carbons (Fsp3) is 0.464. The molecule has 4 aromatic rings. The van der Waals surface area contributed by atoms with E-state index in [0.717, 1.165) is 4.57 Å². The van der Waals surface area contributed by atoms with Gasteiger partial charge in [0.15, 0.2) is 0 Å². The van der Waals surface area contributed by atoms with Crippen molar-refractivity contribution in [3.63, 3.8) is 0 Å². The number of halogens is 1. The summed E-state index contributed by atoms with van der Waals surface area (Å²) in [5.41, 5.74) is -0.252. The van der Waals surface area contributed by atoms with Gasteiger partial charge in [0, 0.05) is 30.8 Å². The number of rotatable bonds is 11. The van der Waals surface area contributed by atoms with Crippen LogP contribution < -0.4 is 16.0 Å². The molecule has 42 heavy (non-hydrogen) atoms. The van der Waals surface area contributed by atoms with Crippen molar-refractivity contribution in [2.24, 2.45) is 0 Å². The first-order valence-electron chi connectivity index (χ1n) is 13.6. The van der Waals surface area contributed by atoms with Crippen LogP contribution in [-0.4, -0.2) is 75.0 Å². The normalized spacial score (nSPS) is 16.2. The molecule has 1 fully saturated rings. The van der Waals surface area contributed by atoms with Gasteiger partial charge in [0.05, 0.1) is 44.6 Å². The van der Waals surface area contributed by atoms with E-state index in [9.17, 15) is 18.8 Å². The molecule has 0 radical (unpaired) electrons. The van der Waals surface area contributed by atoms with E-state index in [4.69, 9.17) is 14.2 Å². The number of ether oxygens (including phenoxy) is 3. The van der Waals surface area contributed by atoms with E-state index in [2.05, 4.69) is 10.2 Å². The molecule has 1 aromatic carbocycles. The number of nitrogens with zero attached hydrogens (tertiary/aromatic N) is 6. The molecule has 0 N–H and O–H groups in total. The highest BCUT2D eigenvalue weighted by molar-refractivity contribution is 7.21. The number of carbonyl (C=O) groups excluding carboxylic acids is 1. The molecule has 1 amide bonds. The van der Waals surface area contributed by atoms with Gasteiger partial charge in [0.2, 0.25) is 5.91 Å². The molecule has 14 heteroatoms. The summed E-state index contributed by atoms with van der Waals surface area (Å²) >= 11 is 1.18. The average molecular weight is 601 g/mol. The monoisotopic (exact) mass is 600 g/mol. The van der Waals surface area contributed by atoms with E-state index in [-0.39, 0.29) is 37.1 Å². The molecule has 1 aliphatic rings. The van der Waals surface area contributed by atoms with Gasteiger partial charge in [-0.05, 0) is 45.4 Å². The minimum Gasteiger partial charge on any atom is -0.496 e. The van der Waals surface area contributed by atoms with Gasteiger partial charge >= 0.3 is 5.69 Å². The lowest BCUT2D eigenvalue weighted by Gasteiger charge is -2.24. The topological polar surface area (TPSA) is 123 Å². The zero-order valence-corrected chi connectivity index (χ0v) is 24.9. The maximum absolute atomic E-state index is 14.5. The van der Waals surface area contributed by atoms with Gasteiger partial charge < -0.3 is 19.1 Å². The Morgan fingerprint density at radius 2 is 1.86 bits per heavy atom. The lowest BCUT2D eigenvalue weighted by atomic mass is 10.1. The summed E-state index contributed by atoms with van der Waals surface area (Å²) in [7, 11) is 3.00. The number of carbonyl (C=O) groups is 1. The van der Waals surface area contributed by atoms with Crippen molar-refractivity contribution in [1.82, 2.24) is 29.0 Å². The number of thiophene rings is 1. The van der Waals surface area contributed by atoms with Crippen molar-refractivity contribution >= 4 is 27.5 Å². The van der Waals surface area contributed by atoms with Crippen LogP contribution in [0.1, 0.15) is 43.5 Å². The van der Waals surface area contributed by atoms with Crippen molar-refractivity contribution in [3.8, 4) is 10.8 Å². The third-order valence-electron chi connectivity index (χ3n) is 7.46. The first-order valence-corrected chi connectivity index (χ1v) is 14.4. The summed E-state index contributed by atoms with van der Waals surface area (Å²) in [4.78, 5) is 45.2. The summed E-state index contributed by atoms with van der Waals surface area (Å²) in [5.74, 6) is -0.409. The minimum atomic E-state index is -0.954. The Morgan fingerprint density at radius 1 is 1.12 bits per heavy atom. The molecule has 0 bridgehead atoms. The molecule has 5 rings (SSSR count). The molecule has 1 aliphatic heterocycles. The van der Waals surface area contributed by atoms with Crippen LogP contribution >= 0.6 is 11.3 Å². The zero-order chi connectivity index (χ0) is 30.1. The third-order valence-corrected chi connectivity index (χ3v) is 8.74. The van der Waals surface area contributed by atoms with Gasteiger partial charge in [-0.2, -0.15) is 10.2 Å². The second-order valence-electron chi connectivity index (χ2n) is 10.3. The average Bonchev–Trinajstić information content (AvgIpc) is 3.70. The van der Waals surface area contributed by atoms with Crippen LogP contribution in [0.15, 0.2) is 40.2 Å². The summed E-state index contributed by atoms with van der Waals surface area (Å²) in [6.07, 6.45) is 2.49. The number of fused-ring (bicyclic) bond motifs is 1. The largest absolute Gasteiger partial charge is 0.496 e. The molecule has 224 valence electrons. The fourth-order valence-electron chi connectivity index (χ4n) is 5.38. The summed E-state index contributed by atoms with van der Waals surface area (Å²) < 4.78 is 33.7. The smallest absolute Gasteiger partial charge is 0.332 e. The second-order valence-corrected chi connectivity index (χ2v) is 11.2. The van der Waals surface area contributed by atoms with Crippen LogP contribution in [0.2, 0.25) is 0 Å². The molecule has 0 saturated carbocycles. The number of aromatic nitrogens is 5. The van der Waals surface area contributed by atoms with Gasteiger partial charge in [0.1, 0.15) is 33.5 Å². The van der Waals surface area contributed by atoms with Crippen molar-refractivity contribution in [2.45, 2.75) is 51.9 Å². The number of methoxy groups -OCH3 is 2. The molecule has 12 nitrogen and oxygen atoms in total. The summed E-state index contributed by atoms with van der Waals surface area (Å²) in [6.45, 7) is 6.29. The van der Waals surface area contributed by atoms with Gasteiger partial charge in [-0.3, -0.25) is 14.2 Å².